The van der Waals surface area contributed by atoms with Gasteiger partial charge in [-0.25, -0.2) is 0 Å². The summed E-state index contributed by atoms with van der Waals surface area (Å²) in [5.74, 6) is 3.78. The predicted molar refractivity (Wildman–Crippen MR) is 240 cm³/mol. The van der Waals surface area contributed by atoms with E-state index in [1.54, 1.807) is 0 Å². The van der Waals surface area contributed by atoms with Crippen molar-refractivity contribution in [3.05, 3.63) is 215 Å². The largest absolute Gasteiger partial charge is 0.462 e. The maximum absolute atomic E-state index is 6.52. The van der Waals surface area contributed by atoms with Crippen molar-refractivity contribution in [2.24, 2.45) is 0 Å². The molecule has 6 aromatic carbocycles. The fourth-order valence-corrected chi connectivity index (χ4v) is 14.1. The number of furan rings is 2. The van der Waals surface area contributed by atoms with Gasteiger partial charge in [0.05, 0.1) is 8.07 Å². The fourth-order valence-electron chi connectivity index (χ4n) is 9.63. The van der Waals surface area contributed by atoms with Crippen LogP contribution in [0.15, 0.2) is 179 Å². The van der Waals surface area contributed by atoms with E-state index in [1.165, 1.54) is 77.9 Å². The van der Waals surface area contributed by atoms with E-state index in [2.05, 4.69) is 195 Å². The highest BCUT2D eigenvalue weighted by Crippen LogP contribution is 2.58. The minimum Gasteiger partial charge on any atom is -0.462 e. The molecule has 2 unspecified atom stereocenters. The van der Waals surface area contributed by atoms with Gasteiger partial charge in [0.2, 0.25) is 0 Å². The molecule has 10 rings (SSSR count). The van der Waals surface area contributed by atoms with E-state index in [-0.39, 0.29) is 11.1 Å². The van der Waals surface area contributed by atoms with Gasteiger partial charge in [0, 0.05) is 22.2 Å². The third-order valence-corrected chi connectivity index (χ3v) is 16.5. The summed E-state index contributed by atoms with van der Waals surface area (Å²) in [5, 5.41) is 0. The summed E-state index contributed by atoms with van der Waals surface area (Å²) < 4.78 is 13.0. The van der Waals surface area contributed by atoms with E-state index in [9.17, 15) is 0 Å². The molecule has 57 heavy (non-hydrogen) atoms. The van der Waals surface area contributed by atoms with Crippen LogP contribution >= 0.6 is 0 Å². The van der Waals surface area contributed by atoms with E-state index in [4.69, 9.17) is 8.83 Å². The van der Waals surface area contributed by atoms with Crippen molar-refractivity contribution in [1.82, 2.24) is 0 Å². The smallest absolute Gasteiger partial charge is 0.130 e. The van der Waals surface area contributed by atoms with E-state index in [0.717, 1.165) is 23.0 Å². The highest BCUT2D eigenvalue weighted by molar-refractivity contribution is 6.84. The lowest BCUT2D eigenvalue weighted by Crippen LogP contribution is -2.42. The van der Waals surface area contributed by atoms with Crippen molar-refractivity contribution < 1.29 is 8.83 Å². The predicted octanol–water partition coefficient (Wildman–Crippen LogP) is 14.9. The molecule has 2 nitrogen and oxygen atoms in total. The van der Waals surface area contributed by atoms with Gasteiger partial charge in [-0.15, -0.1) is 0 Å². The van der Waals surface area contributed by atoms with Crippen LogP contribution < -0.4 is 0 Å². The molecule has 276 valence electrons. The molecule has 0 amide bonds. The zero-order valence-corrected chi connectivity index (χ0v) is 33.8. The standard InChI is InChI=1S/C54H44O2Si/c1-35-21-31-51(55-35)49-33-47-43(41-27-23-39(24-28-41)37-13-7-5-8-14-37)17-11-19-45(47)53(49)57(3,4)54-46-20-12-18-44(48(46)34-50(54)52-32-22-36(2)56-52)42-29-25-40(26-30-42)38-15-9-6-10-16-38/h5-34,53-54H,1-4H3. The first-order valence-electron chi connectivity index (χ1n) is 20.0. The SMILES string of the molecule is Cc1ccc(C2=Cc3c(-c4ccc(-c5ccccc5)cc4)cccc3C2[Si](C)(C)C2C(c3ccc(C)o3)=Cc3c(-c4ccc(-c5ccccc5)cc4)cccc32)o1. The van der Waals surface area contributed by atoms with Crippen LogP contribution in [0.25, 0.3) is 67.8 Å². The minimum atomic E-state index is -2.42. The topological polar surface area (TPSA) is 26.3 Å². The molecule has 0 bridgehead atoms. The average molecular weight is 753 g/mol. The summed E-state index contributed by atoms with van der Waals surface area (Å²) in [6.07, 6.45) is 4.88. The van der Waals surface area contributed by atoms with Gasteiger partial charge in [-0.2, -0.15) is 0 Å². The van der Waals surface area contributed by atoms with E-state index in [0.29, 0.717) is 0 Å². The van der Waals surface area contributed by atoms with Crippen molar-refractivity contribution in [2.45, 2.75) is 38.0 Å². The number of hydrogen-bond acceptors (Lipinski definition) is 2. The van der Waals surface area contributed by atoms with Gasteiger partial charge in [-0.1, -0.05) is 159 Å². The summed E-state index contributed by atoms with van der Waals surface area (Å²) >= 11 is 0. The Bertz CT molecular complexity index is 2620. The van der Waals surface area contributed by atoms with Crippen LogP contribution in [0.1, 0.15) is 56.4 Å². The van der Waals surface area contributed by atoms with E-state index < -0.39 is 8.07 Å². The molecule has 2 atom stereocenters. The van der Waals surface area contributed by atoms with Crippen molar-refractivity contribution >= 4 is 31.4 Å². The fraction of sp³-hybridized carbons (Fsp3) is 0.111. The van der Waals surface area contributed by atoms with E-state index in [1.807, 2.05) is 13.8 Å². The number of benzene rings is 6. The Morgan fingerprint density at radius 2 is 0.737 bits per heavy atom. The Balaban J connectivity index is 1.11. The minimum absolute atomic E-state index is 0.172. The van der Waals surface area contributed by atoms with Gasteiger partial charge in [-0.3, -0.25) is 0 Å². The second-order valence-electron chi connectivity index (χ2n) is 16.2. The number of allylic oxidation sites excluding steroid dienone is 2. The van der Waals surface area contributed by atoms with Crippen LogP contribution in [-0.4, -0.2) is 8.07 Å². The maximum atomic E-state index is 6.52. The van der Waals surface area contributed by atoms with Crippen LogP contribution in [-0.2, 0) is 0 Å². The number of rotatable bonds is 8. The molecule has 0 fully saturated rings. The Kier molecular flexibility index (Phi) is 8.57. The van der Waals surface area contributed by atoms with Gasteiger partial charge < -0.3 is 8.83 Å². The lowest BCUT2D eigenvalue weighted by Gasteiger charge is -2.39. The van der Waals surface area contributed by atoms with Crippen molar-refractivity contribution in [3.63, 3.8) is 0 Å². The molecular weight excluding hydrogens is 709 g/mol. The number of fused-ring (bicyclic) bond motifs is 2. The molecule has 0 saturated carbocycles. The Morgan fingerprint density at radius 3 is 1.11 bits per heavy atom. The van der Waals surface area contributed by atoms with Crippen molar-refractivity contribution in [2.75, 3.05) is 0 Å². The monoisotopic (exact) mass is 752 g/mol. The Morgan fingerprint density at radius 1 is 0.368 bits per heavy atom. The molecule has 2 aromatic heterocycles. The molecule has 2 heterocycles. The number of hydrogen-bond donors (Lipinski definition) is 0. The molecule has 2 aliphatic rings. The van der Waals surface area contributed by atoms with Gasteiger partial charge in [-0.05, 0) is 117 Å². The highest BCUT2D eigenvalue weighted by Gasteiger charge is 2.50. The van der Waals surface area contributed by atoms with Crippen LogP contribution in [0.2, 0.25) is 13.1 Å². The van der Waals surface area contributed by atoms with Gasteiger partial charge in [0.15, 0.2) is 0 Å². The third kappa shape index (κ3) is 6.11. The average Bonchev–Trinajstić information content (AvgIpc) is 4.06. The zero-order chi connectivity index (χ0) is 38.7. The molecular formula is C54H44O2Si. The molecule has 8 aromatic rings. The normalized spacial score (nSPS) is 15.9. The molecule has 0 N–H and O–H groups in total. The first-order valence-corrected chi connectivity index (χ1v) is 23.1. The quantitative estimate of drug-likeness (QED) is 0.145. The van der Waals surface area contributed by atoms with Crippen molar-refractivity contribution in [1.29, 1.82) is 0 Å². The summed E-state index contributed by atoms with van der Waals surface area (Å²) in [5.41, 5.74) is 18.1. The lowest BCUT2D eigenvalue weighted by molar-refractivity contribution is 0.519. The summed E-state index contributed by atoms with van der Waals surface area (Å²) in [6, 6.07) is 61.7. The summed E-state index contributed by atoms with van der Waals surface area (Å²) in [4.78, 5) is 0. The second kappa shape index (κ2) is 13.9. The zero-order valence-electron chi connectivity index (χ0n) is 32.8. The van der Waals surface area contributed by atoms with E-state index >= 15 is 0 Å². The van der Waals surface area contributed by atoms with Crippen LogP contribution in [0, 0.1) is 13.8 Å². The Hall–Kier alpha value is -6.42. The summed E-state index contributed by atoms with van der Waals surface area (Å²) in [6.45, 7) is 9.26. The van der Waals surface area contributed by atoms with Gasteiger partial charge in [0.25, 0.3) is 0 Å². The maximum Gasteiger partial charge on any atom is 0.130 e. The second-order valence-corrected chi connectivity index (χ2v) is 21.0. The highest BCUT2D eigenvalue weighted by atomic mass is 28.3. The first kappa shape index (κ1) is 35.0. The summed E-state index contributed by atoms with van der Waals surface area (Å²) in [7, 11) is -2.42. The lowest BCUT2D eigenvalue weighted by atomic mass is 9.95. The van der Waals surface area contributed by atoms with Crippen LogP contribution in [0.5, 0.6) is 0 Å². The molecule has 0 saturated heterocycles. The molecule has 0 radical (unpaired) electrons. The molecule has 2 aliphatic carbocycles. The molecule has 3 heteroatoms. The first-order chi connectivity index (χ1) is 27.8. The number of aryl methyl sites for hydroxylation is 2. The molecule has 0 aliphatic heterocycles. The van der Waals surface area contributed by atoms with Crippen LogP contribution in [0.3, 0.4) is 0 Å². The van der Waals surface area contributed by atoms with Gasteiger partial charge in [0.1, 0.15) is 23.0 Å². The van der Waals surface area contributed by atoms with Gasteiger partial charge >= 0.3 is 0 Å². The Labute approximate surface area is 336 Å². The third-order valence-electron chi connectivity index (χ3n) is 12.3. The van der Waals surface area contributed by atoms with Crippen molar-refractivity contribution in [3.8, 4) is 44.5 Å². The molecule has 0 spiro atoms. The van der Waals surface area contributed by atoms with Crippen LogP contribution in [0.4, 0.5) is 0 Å².